The van der Waals surface area contributed by atoms with Gasteiger partial charge >= 0.3 is 5.69 Å². The van der Waals surface area contributed by atoms with Gasteiger partial charge in [-0.2, -0.15) is 0 Å². The minimum Gasteiger partial charge on any atom is -0.316 e. The van der Waals surface area contributed by atoms with Crippen LogP contribution in [-0.2, 0) is 27.2 Å². The molecule has 8 heteroatoms. The lowest BCUT2D eigenvalue weighted by atomic mass is 10.0. The summed E-state index contributed by atoms with van der Waals surface area (Å²) in [5.74, 6) is 0.953. The Morgan fingerprint density at radius 1 is 1.14 bits per heavy atom. The Morgan fingerprint density at radius 2 is 1.90 bits per heavy atom. The van der Waals surface area contributed by atoms with E-state index >= 15 is 0 Å². The van der Waals surface area contributed by atoms with E-state index in [2.05, 4.69) is 16.8 Å². The van der Waals surface area contributed by atoms with Gasteiger partial charge in [-0.3, -0.25) is 18.8 Å². The molecule has 3 heterocycles. The zero-order valence-electron chi connectivity index (χ0n) is 17.1. The summed E-state index contributed by atoms with van der Waals surface area (Å²) < 4.78 is 18.6. The first-order chi connectivity index (χ1) is 13.9. The minimum absolute atomic E-state index is 0.190. The fourth-order valence-electron chi connectivity index (χ4n) is 4.21. The number of aromatic nitrogens is 4. The number of hydrogen-bond donors (Lipinski definition) is 0. The molecule has 0 radical (unpaired) electrons. The van der Waals surface area contributed by atoms with Crippen LogP contribution in [-0.4, -0.2) is 36.7 Å². The molecule has 0 bridgehead atoms. The maximum Gasteiger partial charge on any atom is 0.332 e. The molecule has 0 aliphatic carbocycles. The molecule has 1 fully saturated rings. The Kier molecular flexibility index (Phi) is 5.12. The highest BCUT2D eigenvalue weighted by Crippen LogP contribution is 2.21. The van der Waals surface area contributed by atoms with Crippen LogP contribution in [0.15, 0.2) is 33.9 Å². The maximum absolute atomic E-state index is 14.4. The van der Waals surface area contributed by atoms with Crippen molar-refractivity contribution in [3.8, 4) is 0 Å². The summed E-state index contributed by atoms with van der Waals surface area (Å²) in [4.78, 5) is 32.3. The van der Waals surface area contributed by atoms with E-state index in [0.29, 0.717) is 35.0 Å². The summed E-state index contributed by atoms with van der Waals surface area (Å²) in [5.41, 5.74) is 0.324. The van der Waals surface area contributed by atoms with Crippen molar-refractivity contribution < 1.29 is 4.39 Å². The number of piperidine rings is 1. The average molecular weight is 399 g/mol. The third-order valence-corrected chi connectivity index (χ3v) is 5.82. The van der Waals surface area contributed by atoms with Crippen molar-refractivity contribution in [1.29, 1.82) is 0 Å². The van der Waals surface area contributed by atoms with Crippen molar-refractivity contribution in [3.05, 3.63) is 62.3 Å². The number of likely N-dealkylation sites (tertiary alicyclic amines) is 1. The first-order valence-corrected chi connectivity index (χ1v) is 9.97. The molecule has 1 aliphatic heterocycles. The van der Waals surface area contributed by atoms with Gasteiger partial charge in [0.2, 0.25) is 0 Å². The lowest BCUT2D eigenvalue weighted by Gasteiger charge is -2.30. The highest BCUT2D eigenvalue weighted by molar-refractivity contribution is 5.71. The molecular formula is C21H26FN5O2. The number of halogens is 1. The van der Waals surface area contributed by atoms with Crippen LogP contribution in [0.4, 0.5) is 4.39 Å². The maximum atomic E-state index is 14.4. The molecule has 4 rings (SSSR count). The van der Waals surface area contributed by atoms with E-state index in [-0.39, 0.29) is 12.4 Å². The first-order valence-electron chi connectivity index (χ1n) is 9.97. The molecular weight excluding hydrogens is 373 g/mol. The Bertz CT molecular complexity index is 1180. The quantitative estimate of drug-likeness (QED) is 0.672. The topological polar surface area (TPSA) is 65.1 Å². The lowest BCUT2D eigenvalue weighted by Crippen LogP contribution is -2.37. The number of nitrogens with zero attached hydrogens (tertiary/aromatic N) is 5. The van der Waals surface area contributed by atoms with Gasteiger partial charge in [0, 0.05) is 26.2 Å². The van der Waals surface area contributed by atoms with E-state index in [9.17, 15) is 14.0 Å². The smallest absolute Gasteiger partial charge is 0.316 e. The number of imidazole rings is 1. The van der Waals surface area contributed by atoms with E-state index in [0.717, 1.165) is 24.1 Å². The van der Waals surface area contributed by atoms with Crippen LogP contribution in [0.5, 0.6) is 0 Å². The van der Waals surface area contributed by atoms with Crippen molar-refractivity contribution in [2.45, 2.75) is 32.9 Å². The van der Waals surface area contributed by atoms with E-state index in [1.54, 1.807) is 29.8 Å². The predicted molar refractivity (Wildman–Crippen MR) is 109 cm³/mol. The fourth-order valence-corrected chi connectivity index (χ4v) is 4.21. The molecule has 29 heavy (non-hydrogen) atoms. The predicted octanol–water partition coefficient (Wildman–Crippen LogP) is 1.85. The summed E-state index contributed by atoms with van der Waals surface area (Å²) >= 11 is 0. The van der Waals surface area contributed by atoms with Crippen molar-refractivity contribution in [1.82, 2.24) is 23.6 Å². The third-order valence-electron chi connectivity index (χ3n) is 5.82. The molecule has 1 aromatic carbocycles. The Balaban J connectivity index is 1.88. The summed E-state index contributed by atoms with van der Waals surface area (Å²) in [6.07, 6.45) is 2.33. The first kappa shape index (κ1) is 19.6. The monoisotopic (exact) mass is 399 g/mol. The molecule has 1 aliphatic rings. The van der Waals surface area contributed by atoms with Gasteiger partial charge in [0.15, 0.2) is 11.2 Å². The van der Waals surface area contributed by atoms with Crippen LogP contribution in [0.2, 0.25) is 0 Å². The molecule has 0 unspecified atom stereocenters. The minimum atomic E-state index is -0.420. The molecule has 3 aromatic rings. The van der Waals surface area contributed by atoms with Gasteiger partial charge in [0.05, 0.1) is 13.1 Å². The van der Waals surface area contributed by atoms with Gasteiger partial charge in [-0.25, -0.2) is 14.2 Å². The molecule has 0 N–H and O–H groups in total. The molecule has 1 saturated heterocycles. The Morgan fingerprint density at radius 3 is 2.62 bits per heavy atom. The SMILES string of the molecule is C[C@H]1CCCN(Cc2nc3c(c(=O)n(C)c(=O)n3C)n2Cc2ccccc2F)C1. The molecule has 0 saturated carbocycles. The zero-order valence-corrected chi connectivity index (χ0v) is 17.1. The van der Waals surface area contributed by atoms with E-state index in [1.807, 2.05) is 0 Å². The van der Waals surface area contributed by atoms with Crippen molar-refractivity contribution in [3.63, 3.8) is 0 Å². The molecule has 2 aromatic heterocycles. The van der Waals surface area contributed by atoms with Crippen LogP contribution >= 0.6 is 0 Å². The molecule has 0 amide bonds. The summed E-state index contributed by atoms with van der Waals surface area (Å²) in [5, 5.41) is 0. The highest BCUT2D eigenvalue weighted by atomic mass is 19.1. The second kappa shape index (κ2) is 7.59. The van der Waals surface area contributed by atoms with Gasteiger partial charge in [-0.1, -0.05) is 25.1 Å². The number of fused-ring (bicyclic) bond motifs is 1. The van der Waals surface area contributed by atoms with Gasteiger partial charge in [0.1, 0.15) is 11.6 Å². The summed E-state index contributed by atoms with van der Waals surface area (Å²) in [6.45, 7) is 4.90. The fraction of sp³-hybridized carbons (Fsp3) is 0.476. The molecule has 7 nitrogen and oxygen atoms in total. The van der Waals surface area contributed by atoms with Crippen LogP contribution in [0.25, 0.3) is 11.2 Å². The molecule has 1 atom stereocenters. The normalized spacial score (nSPS) is 17.9. The number of benzene rings is 1. The second-order valence-electron chi connectivity index (χ2n) is 8.07. The number of rotatable bonds is 4. The van der Waals surface area contributed by atoms with Crippen LogP contribution in [0.1, 0.15) is 31.2 Å². The average Bonchev–Trinajstić information content (AvgIpc) is 3.04. The summed E-state index contributed by atoms with van der Waals surface area (Å²) in [6, 6.07) is 6.54. The van der Waals surface area contributed by atoms with Crippen molar-refractivity contribution in [2.24, 2.45) is 20.0 Å². The number of aryl methyl sites for hydroxylation is 1. The second-order valence-corrected chi connectivity index (χ2v) is 8.07. The Hall–Kier alpha value is -2.74. The Labute approximate surface area is 168 Å². The molecule has 154 valence electrons. The largest absolute Gasteiger partial charge is 0.332 e. The van der Waals surface area contributed by atoms with Gasteiger partial charge in [0.25, 0.3) is 5.56 Å². The number of hydrogen-bond acceptors (Lipinski definition) is 4. The lowest BCUT2D eigenvalue weighted by molar-refractivity contribution is 0.171. The van der Waals surface area contributed by atoms with Crippen LogP contribution in [0, 0.1) is 11.7 Å². The van der Waals surface area contributed by atoms with E-state index < -0.39 is 11.2 Å². The molecule has 0 spiro atoms. The standard InChI is InChI=1S/C21H26FN5O2/c1-14-7-6-10-26(11-14)13-17-23-19-18(20(28)25(3)21(29)24(19)2)27(17)12-15-8-4-5-9-16(15)22/h4-5,8-9,14H,6-7,10-13H2,1-3H3/t14-/m0/s1. The zero-order chi connectivity index (χ0) is 20.7. The van der Waals surface area contributed by atoms with E-state index in [1.165, 1.54) is 24.1 Å². The van der Waals surface area contributed by atoms with Crippen molar-refractivity contribution in [2.75, 3.05) is 13.1 Å². The summed E-state index contributed by atoms with van der Waals surface area (Å²) in [7, 11) is 3.06. The highest BCUT2D eigenvalue weighted by Gasteiger charge is 2.23. The van der Waals surface area contributed by atoms with E-state index in [4.69, 9.17) is 0 Å². The third kappa shape index (κ3) is 3.53. The van der Waals surface area contributed by atoms with Gasteiger partial charge in [-0.15, -0.1) is 0 Å². The van der Waals surface area contributed by atoms with Crippen LogP contribution < -0.4 is 11.2 Å². The van der Waals surface area contributed by atoms with Gasteiger partial charge < -0.3 is 4.57 Å². The van der Waals surface area contributed by atoms with Gasteiger partial charge in [-0.05, 0) is 31.4 Å². The van der Waals surface area contributed by atoms with Crippen LogP contribution in [0.3, 0.4) is 0 Å². The van der Waals surface area contributed by atoms with Crippen molar-refractivity contribution >= 4 is 11.2 Å².